The number of aromatic nitrogens is 2. The van der Waals surface area contributed by atoms with Gasteiger partial charge in [0.1, 0.15) is 0 Å². The van der Waals surface area contributed by atoms with Crippen LogP contribution >= 0.6 is 0 Å². The van der Waals surface area contributed by atoms with Gasteiger partial charge in [-0.05, 0) is 6.07 Å². The Labute approximate surface area is 172 Å². The lowest BCUT2D eigenvalue weighted by atomic mass is 10.0. The van der Waals surface area contributed by atoms with E-state index in [-0.39, 0.29) is 18.1 Å². The molecular formula is C23H20N4O3. The molecule has 7 nitrogen and oxygen atoms in total. The number of carbonyl (C=O) groups is 2. The topological polar surface area (TPSA) is 91.2 Å². The molecule has 3 heterocycles. The van der Waals surface area contributed by atoms with Crippen molar-refractivity contribution in [3.05, 3.63) is 77.6 Å². The van der Waals surface area contributed by atoms with Gasteiger partial charge in [0.05, 0.1) is 6.54 Å². The molecule has 5 rings (SSSR count). The molecule has 0 saturated heterocycles. The summed E-state index contributed by atoms with van der Waals surface area (Å²) in [5.41, 5.74) is 4.41. The summed E-state index contributed by atoms with van der Waals surface area (Å²) in [6.07, 6.45) is 0.771. The Balaban J connectivity index is 1.22. The highest BCUT2D eigenvalue weighted by Gasteiger charge is 2.24. The van der Waals surface area contributed by atoms with Crippen LogP contribution in [-0.2, 0) is 17.8 Å². The lowest BCUT2D eigenvalue weighted by Crippen LogP contribution is -2.42. The van der Waals surface area contributed by atoms with Gasteiger partial charge >= 0.3 is 0 Å². The maximum absolute atomic E-state index is 12.7. The lowest BCUT2D eigenvalue weighted by molar-refractivity contribution is -0.131. The Bertz CT molecular complexity index is 1230. The summed E-state index contributed by atoms with van der Waals surface area (Å²) < 4.78 is 5.26. The molecule has 0 bridgehead atoms. The third-order valence-corrected chi connectivity index (χ3v) is 5.44. The van der Waals surface area contributed by atoms with Gasteiger partial charge in [-0.2, -0.15) is 0 Å². The number of rotatable bonds is 4. The van der Waals surface area contributed by atoms with Crippen molar-refractivity contribution in [2.45, 2.75) is 13.0 Å². The maximum Gasteiger partial charge on any atom is 0.273 e. The highest BCUT2D eigenvalue weighted by Crippen LogP contribution is 2.27. The summed E-state index contributed by atoms with van der Waals surface area (Å²) in [7, 11) is 0. The molecule has 30 heavy (non-hydrogen) atoms. The largest absolute Gasteiger partial charge is 0.358 e. The fourth-order valence-corrected chi connectivity index (χ4v) is 3.86. The Morgan fingerprint density at radius 1 is 1.10 bits per heavy atom. The van der Waals surface area contributed by atoms with Gasteiger partial charge in [0.15, 0.2) is 11.5 Å². The second kappa shape index (κ2) is 7.51. The molecular weight excluding hydrogens is 380 g/mol. The summed E-state index contributed by atoms with van der Waals surface area (Å²) in [6, 6.07) is 19.1. The van der Waals surface area contributed by atoms with E-state index >= 15 is 0 Å². The predicted molar refractivity (Wildman–Crippen MR) is 112 cm³/mol. The summed E-state index contributed by atoms with van der Waals surface area (Å²) in [5, 5.41) is 7.62. The molecule has 7 heteroatoms. The number of H-pyrrole nitrogens is 1. The second-order valence-electron chi connectivity index (χ2n) is 7.32. The van der Waals surface area contributed by atoms with E-state index in [4.69, 9.17) is 4.52 Å². The van der Waals surface area contributed by atoms with Crippen LogP contribution in [0.15, 0.2) is 65.2 Å². The molecule has 150 valence electrons. The Morgan fingerprint density at radius 2 is 1.90 bits per heavy atom. The monoisotopic (exact) mass is 400 g/mol. The highest BCUT2D eigenvalue weighted by molar-refractivity contribution is 5.95. The van der Waals surface area contributed by atoms with Crippen LogP contribution in [0.2, 0.25) is 0 Å². The Morgan fingerprint density at radius 3 is 2.77 bits per heavy atom. The number of hydrogen-bond acceptors (Lipinski definition) is 4. The van der Waals surface area contributed by atoms with E-state index in [1.807, 2.05) is 48.5 Å². The van der Waals surface area contributed by atoms with Crippen molar-refractivity contribution in [2.24, 2.45) is 0 Å². The predicted octanol–water partition coefficient (Wildman–Crippen LogP) is 3.14. The van der Waals surface area contributed by atoms with Gasteiger partial charge < -0.3 is 19.7 Å². The quantitative estimate of drug-likeness (QED) is 0.551. The SMILES string of the molecule is O=C(NCC(=O)N1CCc2[nH]c3ccccc3c2C1)c1cc(-c2ccccc2)on1. The van der Waals surface area contributed by atoms with Gasteiger partial charge in [-0.25, -0.2) is 0 Å². The van der Waals surface area contributed by atoms with E-state index in [0.717, 1.165) is 28.5 Å². The molecule has 2 N–H and O–H groups in total. The highest BCUT2D eigenvalue weighted by atomic mass is 16.5. The molecule has 0 aliphatic carbocycles. The minimum Gasteiger partial charge on any atom is -0.358 e. The van der Waals surface area contributed by atoms with Crippen molar-refractivity contribution < 1.29 is 14.1 Å². The third-order valence-electron chi connectivity index (χ3n) is 5.44. The van der Waals surface area contributed by atoms with Crippen molar-refractivity contribution in [2.75, 3.05) is 13.1 Å². The zero-order valence-corrected chi connectivity index (χ0v) is 16.2. The summed E-state index contributed by atoms with van der Waals surface area (Å²) >= 11 is 0. The average Bonchev–Trinajstić information content (AvgIpc) is 3.42. The molecule has 0 saturated carbocycles. The first-order valence-corrected chi connectivity index (χ1v) is 9.85. The number of hydrogen-bond donors (Lipinski definition) is 2. The van der Waals surface area contributed by atoms with Crippen molar-refractivity contribution >= 4 is 22.7 Å². The van der Waals surface area contributed by atoms with E-state index in [0.29, 0.717) is 18.8 Å². The number of nitrogens with zero attached hydrogens (tertiary/aromatic N) is 2. The summed E-state index contributed by atoms with van der Waals surface area (Å²) in [6.45, 7) is 1.08. The number of benzene rings is 2. The van der Waals surface area contributed by atoms with Crippen LogP contribution in [-0.4, -0.2) is 39.9 Å². The fourth-order valence-electron chi connectivity index (χ4n) is 3.86. The van der Waals surface area contributed by atoms with Crippen LogP contribution in [0.1, 0.15) is 21.7 Å². The molecule has 0 unspecified atom stereocenters. The van der Waals surface area contributed by atoms with Crippen LogP contribution in [0, 0.1) is 0 Å². The summed E-state index contributed by atoms with van der Waals surface area (Å²) in [4.78, 5) is 30.3. The molecule has 0 radical (unpaired) electrons. The van der Waals surface area contributed by atoms with Crippen molar-refractivity contribution in [1.82, 2.24) is 20.4 Å². The first-order valence-electron chi connectivity index (χ1n) is 9.85. The smallest absolute Gasteiger partial charge is 0.273 e. The number of nitrogens with one attached hydrogen (secondary N) is 2. The Hall–Kier alpha value is -3.87. The molecule has 0 spiro atoms. The molecule has 1 aliphatic rings. The minimum absolute atomic E-state index is 0.0793. The van der Waals surface area contributed by atoms with Crippen LogP contribution in [0.4, 0.5) is 0 Å². The molecule has 2 aromatic carbocycles. The van der Waals surface area contributed by atoms with Crippen molar-refractivity contribution in [1.29, 1.82) is 0 Å². The van der Waals surface area contributed by atoms with E-state index < -0.39 is 5.91 Å². The second-order valence-corrected chi connectivity index (χ2v) is 7.32. The Kier molecular flexibility index (Phi) is 4.55. The number of para-hydroxylation sites is 1. The molecule has 2 aromatic heterocycles. The van der Waals surface area contributed by atoms with E-state index in [1.165, 1.54) is 5.69 Å². The zero-order chi connectivity index (χ0) is 20.5. The normalized spacial score (nSPS) is 13.3. The number of fused-ring (bicyclic) bond motifs is 3. The number of carbonyl (C=O) groups excluding carboxylic acids is 2. The molecule has 4 aromatic rings. The van der Waals surface area contributed by atoms with Crippen LogP contribution in [0.5, 0.6) is 0 Å². The van der Waals surface area contributed by atoms with Crippen LogP contribution in [0.3, 0.4) is 0 Å². The third kappa shape index (κ3) is 3.34. The lowest BCUT2D eigenvalue weighted by Gasteiger charge is -2.27. The minimum atomic E-state index is -0.431. The van der Waals surface area contributed by atoms with Gasteiger partial charge in [-0.3, -0.25) is 9.59 Å². The molecule has 1 aliphatic heterocycles. The van der Waals surface area contributed by atoms with Crippen LogP contribution in [0.25, 0.3) is 22.2 Å². The van der Waals surface area contributed by atoms with Gasteiger partial charge in [0.2, 0.25) is 5.91 Å². The molecule has 2 amide bonds. The number of amides is 2. The summed E-state index contributed by atoms with van der Waals surface area (Å²) in [5.74, 6) is -0.0416. The van der Waals surface area contributed by atoms with E-state index in [2.05, 4.69) is 21.5 Å². The van der Waals surface area contributed by atoms with Crippen molar-refractivity contribution in [3.8, 4) is 11.3 Å². The van der Waals surface area contributed by atoms with Gasteiger partial charge in [-0.1, -0.05) is 53.7 Å². The van der Waals surface area contributed by atoms with E-state index in [9.17, 15) is 9.59 Å². The fraction of sp³-hybridized carbons (Fsp3) is 0.174. The van der Waals surface area contributed by atoms with Gasteiger partial charge in [0, 0.05) is 53.3 Å². The van der Waals surface area contributed by atoms with Gasteiger partial charge in [-0.15, -0.1) is 0 Å². The first kappa shape index (κ1) is 18.2. The molecule has 0 fully saturated rings. The van der Waals surface area contributed by atoms with E-state index in [1.54, 1.807) is 11.0 Å². The molecule has 0 atom stereocenters. The average molecular weight is 400 g/mol. The number of aromatic amines is 1. The first-order chi connectivity index (χ1) is 14.7. The standard InChI is InChI=1S/C23H20N4O3/c28-22(27-11-10-19-17(14-27)16-8-4-5-9-18(16)25-19)13-24-23(29)20-12-21(30-26-20)15-6-2-1-3-7-15/h1-9,12,25H,10-11,13-14H2,(H,24,29). The van der Waals surface area contributed by atoms with Crippen LogP contribution < -0.4 is 5.32 Å². The van der Waals surface area contributed by atoms with Crippen molar-refractivity contribution in [3.63, 3.8) is 0 Å². The maximum atomic E-state index is 12.7. The van der Waals surface area contributed by atoms with Gasteiger partial charge in [0.25, 0.3) is 5.91 Å². The zero-order valence-electron chi connectivity index (χ0n) is 16.2.